The number of rotatable bonds is 9. The van der Waals surface area contributed by atoms with Crippen molar-refractivity contribution >= 4 is 5.97 Å². The van der Waals surface area contributed by atoms with E-state index in [9.17, 15) is 4.79 Å². The van der Waals surface area contributed by atoms with E-state index in [2.05, 4.69) is 24.5 Å². The molecule has 0 fully saturated rings. The standard InChI is InChI=1S/C11H24N2O2/c1-4-12-10(11(14)15)7-5-6-8-13-9(2)3/h9-10,12-13H,4-8H2,1-3H3,(H,14,15). The lowest BCUT2D eigenvalue weighted by atomic mass is 10.1. The third kappa shape index (κ3) is 8.39. The number of aliphatic carboxylic acids is 1. The average Bonchev–Trinajstić information content (AvgIpc) is 2.15. The Kier molecular flexibility index (Phi) is 8.33. The zero-order chi connectivity index (χ0) is 11.7. The average molecular weight is 216 g/mol. The molecule has 1 unspecified atom stereocenters. The smallest absolute Gasteiger partial charge is 0.320 e. The summed E-state index contributed by atoms with van der Waals surface area (Å²) in [4.78, 5) is 10.8. The Hall–Kier alpha value is -0.610. The van der Waals surface area contributed by atoms with Crippen molar-refractivity contribution in [3.63, 3.8) is 0 Å². The van der Waals surface area contributed by atoms with Crippen LogP contribution < -0.4 is 10.6 Å². The third-order valence-corrected chi connectivity index (χ3v) is 2.22. The zero-order valence-corrected chi connectivity index (χ0v) is 10.0. The molecule has 0 saturated carbocycles. The molecule has 0 heterocycles. The highest BCUT2D eigenvalue weighted by Crippen LogP contribution is 2.01. The van der Waals surface area contributed by atoms with E-state index in [0.29, 0.717) is 19.0 Å². The summed E-state index contributed by atoms with van der Waals surface area (Å²) >= 11 is 0. The van der Waals surface area contributed by atoms with Gasteiger partial charge in [0.1, 0.15) is 6.04 Å². The van der Waals surface area contributed by atoms with Crippen LogP contribution in [0.15, 0.2) is 0 Å². The van der Waals surface area contributed by atoms with Gasteiger partial charge in [0, 0.05) is 6.04 Å². The number of carboxylic acid groups (broad SMARTS) is 1. The van der Waals surface area contributed by atoms with E-state index in [-0.39, 0.29) is 6.04 Å². The van der Waals surface area contributed by atoms with Gasteiger partial charge in [0.05, 0.1) is 0 Å². The maximum atomic E-state index is 10.8. The molecular weight excluding hydrogens is 192 g/mol. The van der Waals surface area contributed by atoms with Crippen LogP contribution in [0, 0.1) is 0 Å². The predicted octanol–water partition coefficient (Wildman–Crippen LogP) is 1.22. The van der Waals surface area contributed by atoms with Crippen LogP contribution in [0.3, 0.4) is 0 Å². The van der Waals surface area contributed by atoms with E-state index in [0.717, 1.165) is 19.4 Å². The monoisotopic (exact) mass is 216 g/mol. The van der Waals surface area contributed by atoms with Crippen molar-refractivity contribution in [3.05, 3.63) is 0 Å². The van der Waals surface area contributed by atoms with Crippen LogP contribution in [0.25, 0.3) is 0 Å². The van der Waals surface area contributed by atoms with Crippen molar-refractivity contribution in [2.75, 3.05) is 13.1 Å². The summed E-state index contributed by atoms with van der Waals surface area (Å²) in [6.07, 6.45) is 2.69. The highest BCUT2D eigenvalue weighted by atomic mass is 16.4. The van der Waals surface area contributed by atoms with E-state index in [1.54, 1.807) is 0 Å². The van der Waals surface area contributed by atoms with Gasteiger partial charge >= 0.3 is 5.97 Å². The lowest BCUT2D eigenvalue weighted by Gasteiger charge is -2.13. The van der Waals surface area contributed by atoms with Crippen LogP contribution in [-0.4, -0.2) is 36.2 Å². The molecule has 0 aliphatic heterocycles. The van der Waals surface area contributed by atoms with Gasteiger partial charge in [-0.25, -0.2) is 0 Å². The molecule has 0 rings (SSSR count). The SMILES string of the molecule is CCNC(CCCCNC(C)C)C(=O)O. The molecule has 0 saturated heterocycles. The zero-order valence-electron chi connectivity index (χ0n) is 10.0. The summed E-state index contributed by atoms with van der Waals surface area (Å²) < 4.78 is 0. The summed E-state index contributed by atoms with van der Waals surface area (Å²) in [6.45, 7) is 7.82. The summed E-state index contributed by atoms with van der Waals surface area (Å²) in [7, 11) is 0. The number of nitrogens with one attached hydrogen (secondary N) is 2. The first-order valence-electron chi connectivity index (χ1n) is 5.77. The van der Waals surface area contributed by atoms with Crippen molar-refractivity contribution in [2.24, 2.45) is 0 Å². The second-order valence-corrected chi connectivity index (χ2v) is 4.05. The van der Waals surface area contributed by atoms with Crippen molar-refractivity contribution in [1.29, 1.82) is 0 Å². The first kappa shape index (κ1) is 14.4. The van der Waals surface area contributed by atoms with Crippen LogP contribution in [0.5, 0.6) is 0 Å². The number of likely N-dealkylation sites (N-methyl/N-ethyl adjacent to an activating group) is 1. The van der Waals surface area contributed by atoms with Gasteiger partial charge in [-0.2, -0.15) is 0 Å². The van der Waals surface area contributed by atoms with E-state index in [1.165, 1.54) is 0 Å². The Morgan fingerprint density at radius 2 is 1.93 bits per heavy atom. The fourth-order valence-corrected chi connectivity index (χ4v) is 1.42. The van der Waals surface area contributed by atoms with Gasteiger partial charge in [-0.15, -0.1) is 0 Å². The number of carbonyl (C=O) groups is 1. The molecule has 15 heavy (non-hydrogen) atoms. The first-order valence-corrected chi connectivity index (χ1v) is 5.77. The molecule has 0 bridgehead atoms. The van der Waals surface area contributed by atoms with Gasteiger partial charge in [0.2, 0.25) is 0 Å². The Balaban J connectivity index is 3.49. The Bertz CT molecular complexity index is 172. The molecule has 90 valence electrons. The molecule has 0 radical (unpaired) electrons. The molecule has 4 heteroatoms. The molecule has 3 N–H and O–H groups in total. The van der Waals surface area contributed by atoms with Crippen molar-refractivity contribution < 1.29 is 9.90 Å². The molecule has 0 spiro atoms. The molecular formula is C11H24N2O2. The lowest BCUT2D eigenvalue weighted by molar-refractivity contribution is -0.139. The highest BCUT2D eigenvalue weighted by Gasteiger charge is 2.14. The minimum absolute atomic E-state index is 0.381. The van der Waals surface area contributed by atoms with Crippen LogP contribution in [0.4, 0.5) is 0 Å². The minimum atomic E-state index is -0.742. The summed E-state index contributed by atoms with van der Waals surface area (Å²) in [6, 6.07) is 0.128. The van der Waals surface area contributed by atoms with Gasteiger partial charge in [0.15, 0.2) is 0 Å². The predicted molar refractivity (Wildman–Crippen MR) is 62.1 cm³/mol. The van der Waals surface area contributed by atoms with E-state index in [4.69, 9.17) is 5.11 Å². The molecule has 0 aromatic heterocycles. The van der Waals surface area contributed by atoms with Crippen molar-refractivity contribution in [1.82, 2.24) is 10.6 Å². The maximum Gasteiger partial charge on any atom is 0.320 e. The number of carboxylic acids is 1. The van der Waals surface area contributed by atoms with Crippen molar-refractivity contribution in [3.8, 4) is 0 Å². The summed E-state index contributed by atoms with van der Waals surface area (Å²) in [5.74, 6) is -0.742. The molecule has 4 nitrogen and oxygen atoms in total. The van der Waals surface area contributed by atoms with Crippen LogP contribution >= 0.6 is 0 Å². The largest absolute Gasteiger partial charge is 0.480 e. The van der Waals surface area contributed by atoms with Gasteiger partial charge in [-0.05, 0) is 25.9 Å². The quantitative estimate of drug-likeness (QED) is 0.507. The van der Waals surface area contributed by atoms with E-state index >= 15 is 0 Å². The lowest BCUT2D eigenvalue weighted by Crippen LogP contribution is -2.36. The van der Waals surface area contributed by atoms with Gasteiger partial charge < -0.3 is 15.7 Å². The maximum absolute atomic E-state index is 10.8. The van der Waals surface area contributed by atoms with Crippen LogP contribution in [-0.2, 0) is 4.79 Å². The van der Waals surface area contributed by atoms with Crippen molar-refractivity contribution in [2.45, 2.75) is 52.1 Å². The number of unbranched alkanes of at least 4 members (excludes halogenated alkanes) is 1. The second kappa shape index (κ2) is 8.68. The summed E-state index contributed by atoms with van der Waals surface area (Å²) in [5, 5.41) is 15.1. The first-order chi connectivity index (χ1) is 7.07. The van der Waals surface area contributed by atoms with Crippen LogP contribution in [0.1, 0.15) is 40.0 Å². The number of hydrogen-bond acceptors (Lipinski definition) is 3. The Labute approximate surface area is 92.4 Å². The molecule has 0 aliphatic carbocycles. The molecule has 1 atom stereocenters. The van der Waals surface area contributed by atoms with Gasteiger partial charge in [-0.3, -0.25) is 4.79 Å². The Morgan fingerprint density at radius 3 is 2.40 bits per heavy atom. The molecule has 0 aliphatic rings. The highest BCUT2D eigenvalue weighted by molar-refractivity contribution is 5.73. The summed E-state index contributed by atoms with van der Waals surface area (Å²) in [5.41, 5.74) is 0. The minimum Gasteiger partial charge on any atom is -0.480 e. The van der Waals surface area contributed by atoms with Gasteiger partial charge in [0.25, 0.3) is 0 Å². The van der Waals surface area contributed by atoms with Crippen LogP contribution in [0.2, 0.25) is 0 Å². The molecule has 0 aromatic carbocycles. The normalized spacial score (nSPS) is 13.1. The molecule has 0 aromatic rings. The third-order valence-electron chi connectivity index (χ3n) is 2.22. The molecule has 0 amide bonds. The van der Waals surface area contributed by atoms with E-state index in [1.807, 2.05) is 6.92 Å². The topological polar surface area (TPSA) is 61.4 Å². The fraction of sp³-hybridized carbons (Fsp3) is 0.909. The van der Waals surface area contributed by atoms with E-state index < -0.39 is 5.97 Å². The Morgan fingerprint density at radius 1 is 1.27 bits per heavy atom. The second-order valence-electron chi connectivity index (χ2n) is 4.05. The van der Waals surface area contributed by atoms with Gasteiger partial charge in [-0.1, -0.05) is 27.2 Å². The fourth-order valence-electron chi connectivity index (χ4n) is 1.42. The number of hydrogen-bond donors (Lipinski definition) is 3.